The fourth-order valence-electron chi connectivity index (χ4n) is 3.76. The van der Waals surface area contributed by atoms with Crippen LogP contribution in [0.4, 0.5) is 0 Å². The number of ether oxygens (including phenoxy) is 1. The molecule has 0 aliphatic carbocycles. The van der Waals surface area contributed by atoms with Gasteiger partial charge in [0.05, 0.1) is 29.4 Å². The van der Waals surface area contributed by atoms with Gasteiger partial charge < -0.3 is 9.57 Å². The number of aromatic nitrogens is 1. The molecule has 0 amide bonds. The van der Waals surface area contributed by atoms with E-state index in [0.29, 0.717) is 38.5 Å². The third-order valence-corrected chi connectivity index (χ3v) is 5.67. The SMILES string of the molecule is COc1ccc(-c2c(/C=C/C(=O)c3ccc(Cl)cc3)c3cc(C#N)c(C#N)cc3n2OC)cc1. The smallest absolute Gasteiger partial charge is 0.185 e. The first kappa shape index (κ1) is 22.7. The molecule has 0 spiro atoms. The van der Waals surface area contributed by atoms with Gasteiger partial charge in [-0.3, -0.25) is 4.79 Å². The Morgan fingerprint density at radius 3 is 2.21 bits per heavy atom. The minimum atomic E-state index is -0.204. The summed E-state index contributed by atoms with van der Waals surface area (Å²) < 4.78 is 6.86. The van der Waals surface area contributed by atoms with Crippen LogP contribution in [0.3, 0.4) is 0 Å². The summed E-state index contributed by atoms with van der Waals surface area (Å²) in [6.45, 7) is 0. The van der Waals surface area contributed by atoms with Crippen LogP contribution in [0.2, 0.25) is 5.02 Å². The third kappa shape index (κ3) is 4.11. The average Bonchev–Trinajstić information content (AvgIpc) is 3.18. The van der Waals surface area contributed by atoms with Crippen LogP contribution in [-0.2, 0) is 0 Å². The first-order chi connectivity index (χ1) is 16.5. The summed E-state index contributed by atoms with van der Waals surface area (Å²) in [7, 11) is 3.10. The minimum Gasteiger partial charge on any atom is -0.497 e. The van der Waals surface area contributed by atoms with E-state index in [-0.39, 0.29) is 16.9 Å². The molecular weight excluding hydrogens is 450 g/mol. The second kappa shape index (κ2) is 9.54. The van der Waals surface area contributed by atoms with Gasteiger partial charge >= 0.3 is 0 Å². The quantitative estimate of drug-likeness (QED) is 0.269. The summed E-state index contributed by atoms with van der Waals surface area (Å²) in [4.78, 5) is 18.5. The zero-order chi connectivity index (χ0) is 24.2. The van der Waals surface area contributed by atoms with E-state index in [1.54, 1.807) is 54.3 Å². The Bertz CT molecular complexity index is 1500. The average molecular weight is 468 g/mol. The number of carbonyl (C=O) groups excluding carboxylic acids is 1. The number of rotatable bonds is 6. The van der Waals surface area contributed by atoms with Crippen molar-refractivity contribution in [3.05, 3.63) is 94.0 Å². The molecule has 0 fully saturated rings. The van der Waals surface area contributed by atoms with Gasteiger partial charge in [0.15, 0.2) is 5.78 Å². The van der Waals surface area contributed by atoms with Crippen LogP contribution in [0.1, 0.15) is 27.0 Å². The highest BCUT2D eigenvalue weighted by atomic mass is 35.5. The second-order valence-electron chi connectivity index (χ2n) is 7.31. The van der Waals surface area contributed by atoms with Crippen molar-refractivity contribution >= 4 is 34.4 Å². The number of fused-ring (bicyclic) bond motifs is 1. The van der Waals surface area contributed by atoms with Crippen molar-refractivity contribution in [2.75, 3.05) is 14.2 Å². The van der Waals surface area contributed by atoms with Crippen molar-refractivity contribution in [3.8, 4) is 29.1 Å². The molecule has 166 valence electrons. The molecule has 1 heterocycles. The van der Waals surface area contributed by atoms with Crippen molar-refractivity contribution in [1.29, 1.82) is 10.5 Å². The van der Waals surface area contributed by atoms with E-state index in [0.717, 1.165) is 5.56 Å². The number of allylic oxidation sites excluding steroid dienone is 1. The lowest BCUT2D eigenvalue weighted by Crippen LogP contribution is -2.07. The summed E-state index contributed by atoms with van der Waals surface area (Å²) in [6.07, 6.45) is 3.16. The highest BCUT2D eigenvalue weighted by Gasteiger charge is 2.21. The predicted octanol–water partition coefficient (Wildman–Crippen LogP) is 5.67. The molecule has 4 aromatic rings. The maximum atomic E-state index is 12.8. The number of carbonyl (C=O) groups is 1. The topological polar surface area (TPSA) is 88.0 Å². The Morgan fingerprint density at radius 2 is 1.62 bits per heavy atom. The number of nitrogens with zero attached hydrogens (tertiary/aromatic N) is 3. The predicted molar refractivity (Wildman–Crippen MR) is 131 cm³/mol. The van der Waals surface area contributed by atoms with E-state index in [2.05, 4.69) is 12.1 Å². The van der Waals surface area contributed by atoms with Crippen LogP contribution >= 0.6 is 11.6 Å². The van der Waals surface area contributed by atoms with Gasteiger partial charge in [-0.2, -0.15) is 15.3 Å². The van der Waals surface area contributed by atoms with E-state index in [1.165, 1.54) is 13.2 Å². The Kier molecular flexibility index (Phi) is 6.36. The molecule has 0 atom stereocenters. The largest absolute Gasteiger partial charge is 0.497 e. The summed E-state index contributed by atoms with van der Waals surface area (Å²) >= 11 is 5.93. The molecule has 0 unspecified atom stereocenters. The summed E-state index contributed by atoms with van der Waals surface area (Å²) in [5.74, 6) is 0.488. The van der Waals surface area contributed by atoms with Crippen LogP contribution < -0.4 is 9.57 Å². The molecule has 0 saturated carbocycles. The van der Waals surface area contributed by atoms with Gasteiger partial charge in [0.25, 0.3) is 0 Å². The molecule has 3 aromatic carbocycles. The van der Waals surface area contributed by atoms with Gasteiger partial charge in [-0.05, 0) is 72.8 Å². The molecule has 6 nitrogen and oxygen atoms in total. The van der Waals surface area contributed by atoms with Gasteiger partial charge in [0, 0.05) is 27.1 Å². The fourth-order valence-corrected chi connectivity index (χ4v) is 3.89. The highest BCUT2D eigenvalue weighted by molar-refractivity contribution is 6.30. The monoisotopic (exact) mass is 467 g/mol. The van der Waals surface area contributed by atoms with Crippen LogP contribution in [-0.4, -0.2) is 24.7 Å². The first-order valence-electron chi connectivity index (χ1n) is 10.2. The molecule has 0 aliphatic rings. The number of halogens is 1. The lowest BCUT2D eigenvalue weighted by atomic mass is 10.0. The molecule has 34 heavy (non-hydrogen) atoms. The standard InChI is InChI=1S/C27H18ClN3O3/c1-33-22-9-5-18(6-10-22)27-23(11-12-26(32)17-3-7-21(28)8-4-17)24-13-19(15-29)20(16-30)14-25(24)31(27)34-2/h3-14H,1-2H3/b12-11+. The normalized spacial score (nSPS) is 10.7. The van der Waals surface area contributed by atoms with Crippen molar-refractivity contribution in [2.24, 2.45) is 0 Å². The summed E-state index contributed by atoms with van der Waals surface area (Å²) in [5, 5.41) is 20.3. The van der Waals surface area contributed by atoms with E-state index >= 15 is 0 Å². The first-order valence-corrected chi connectivity index (χ1v) is 10.6. The van der Waals surface area contributed by atoms with E-state index in [4.69, 9.17) is 21.2 Å². The molecule has 0 N–H and O–H groups in total. The van der Waals surface area contributed by atoms with E-state index in [1.807, 2.05) is 24.3 Å². The summed E-state index contributed by atoms with van der Waals surface area (Å²) in [6, 6.07) is 21.4. The van der Waals surface area contributed by atoms with Crippen molar-refractivity contribution in [1.82, 2.24) is 4.73 Å². The molecule has 0 bridgehead atoms. The third-order valence-electron chi connectivity index (χ3n) is 5.42. The van der Waals surface area contributed by atoms with Crippen molar-refractivity contribution in [3.63, 3.8) is 0 Å². The molecule has 0 saturated heterocycles. The Morgan fingerprint density at radius 1 is 0.971 bits per heavy atom. The zero-order valence-electron chi connectivity index (χ0n) is 18.4. The Balaban J connectivity index is 1.96. The lowest BCUT2D eigenvalue weighted by molar-refractivity contribution is 0.104. The maximum Gasteiger partial charge on any atom is 0.185 e. The second-order valence-corrected chi connectivity index (χ2v) is 7.75. The molecule has 0 radical (unpaired) electrons. The molecule has 4 rings (SSSR count). The van der Waals surface area contributed by atoms with Crippen LogP contribution in [0, 0.1) is 22.7 Å². The number of benzene rings is 3. The molecule has 7 heteroatoms. The molecule has 1 aromatic heterocycles. The van der Waals surface area contributed by atoms with Crippen molar-refractivity contribution < 1.29 is 14.4 Å². The van der Waals surface area contributed by atoms with Crippen molar-refractivity contribution in [2.45, 2.75) is 0 Å². The van der Waals surface area contributed by atoms with Crippen LogP contribution in [0.15, 0.2) is 66.7 Å². The number of methoxy groups -OCH3 is 1. The Labute approximate surface area is 201 Å². The van der Waals surface area contributed by atoms with Gasteiger partial charge in [-0.15, -0.1) is 0 Å². The van der Waals surface area contributed by atoms with E-state index < -0.39 is 0 Å². The fraction of sp³-hybridized carbons (Fsp3) is 0.0741. The van der Waals surface area contributed by atoms with E-state index in [9.17, 15) is 15.3 Å². The number of nitriles is 2. The number of ketones is 1. The summed E-state index contributed by atoms with van der Waals surface area (Å²) in [5.41, 5.74) is 3.70. The highest BCUT2D eigenvalue weighted by Crippen LogP contribution is 2.36. The van der Waals surface area contributed by atoms with Gasteiger partial charge in [-0.25, -0.2) is 0 Å². The van der Waals surface area contributed by atoms with Gasteiger partial charge in [-0.1, -0.05) is 11.6 Å². The molecule has 0 aliphatic heterocycles. The number of hydrogen-bond donors (Lipinski definition) is 0. The lowest BCUT2D eigenvalue weighted by Gasteiger charge is -2.10. The van der Waals surface area contributed by atoms with Gasteiger partial charge in [0.2, 0.25) is 0 Å². The molecular formula is C27H18ClN3O3. The van der Waals surface area contributed by atoms with Crippen LogP contribution in [0.5, 0.6) is 5.75 Å². The maximum absolute atomic E-state index is 12.8. The minimum absolute atomic E-state index is 0.204. The van der Waals surface area contributed by atoms with Gasteiger partial charge in [0.1, 0.15) is 25.0 Å². The zero-order valence-corrected chi connectivity index (χ0v) is 19.1. The Hall–Kier alpha value is -4.52. The van der Waals surface area contributed by atoms with Crippen LogP contribution in [0.25, 0.3) is 28.2 Å². The number of hydrogen-bond acceptors (Lipinski definition) is 5.